The van der Waals surface area contributed by atoms with Crippen molar-refractivity contribution in [1.82, 2.24) is 4.90 Å². The third-order valence-electron chi connectivity index (χ3n) is 5.32. The summed E-state index contributed by atoms with van der Waals surface area (Å²) in [6.45, 7) is 7.96. The van der Waals surface area contributed by atoms with Gasteiger partial charge in [-0.2, -0.15) is 0 Å². The van der Waals surface area contributed by atoms with E-state index in [-0.39, 0.29) is 17.6 Å². The summed E-state index contributed by atoms with van der Waals surface area (Å²) < 4.78 is 6.55. The molecule has 1 amide bonds. The lowest BCUT2D eigenvalue weighted by Gasteiger charge is -2.41. The highest BCUT2D eigenvalue weighted by Crippen LogP contribution is 2.48. The molecule has 0 aromatic heterocycles. The first-order chi connectivity index (χ1) is 11.0. The van der Waals surface area contributed by atoms with Crippen molar-refractivity contribution in [3.63, 3.8) is 0 Å². The summed E-state index contributed by atoms with van der Waals surface area (Å²) >= 11 is 0. The number of nitrogens with zero attached hydrogens (tertiary/aromatic N) is 1. The first-order valence-electron chi connectivity index (χ1n) is 8.68. The number of ether oxygens (including phenoxy) is 1. The van der Waals surface area contributed by atoms with Crippen molar-refractivity contribution in [2.24, 2.45) is 0 Å². The minimum absolute atomic E-state index is 0.00148. The number of hydrogen-bond donors (Lipinski definition) is 0. The van der Waals surface area contributed by atoms with Crippen LogP contribution in [0.1, 0.15) is 51.5 Å². The van der Waals surface area contributed by atoms with Crippen molar-refractivity contribution >= 4 is 5.91 Å². The Labute approximate surface area is 139 Å². The van der Waals surface area contributed by atoms with Crippen LogP contribution in [0.4, 0.5) is 0 Å². The summed E-state index contributed by atoms with van der Waals surface area (Å²) in [6.07, 6.45) is 7.59. The monoisotopic (exact) mass is 313 g/mol. The van der Waals surface area contributed by atoms with Crippen molar-refractivity contribution in [2.45, 2.75) is 69.7 Å². The Morgan fingerprint density at radius 1 is 1.26 bits per heavy atom. The molecule has 1 aromatic rings. The topological polar surface area (TPSA) is 29.5 Å². The molecule has 3 heteroatoms. The molecule has 1 unspecified atom stereocenters. The Hall–Kier alpha value is -1.61. The largest absolute Gasteiger partial charge is 0.348 e. The maximum atomic E-state index is 12.7. The SMILES string of the molecule is C=CC(=O)N1C(Cc2ccccc2)C(C)(C)OC12CCCCC2. The summed E-state index contributed by atoms with van der Waals surface area (Å²) in [5, 5.41) is 0. The van der Waals surface area contributed by atoms with E-state index in [1.54, 1.807) is 0 Å². The highest BCUT2D eigenvalue weighted by molar-refractivity contribution is 5.88. The lowest BCUT2D eigenvalue weighted by Crippen LogP contribution is -2.53. The van der Waals surface area contributed by atoms with Crippen LogP contribution in [-0.4, -0.2) is 28.2 Å². The van der Waals surface area contributed by atoms with Crippen molar-refractivity contribution < 1.29 is 9.53 Å². The number of rotatable bonds is 3. The molecule has 1 spiro atoms. The molecular formula is C20H27NO2. The quantitative estimate of drug-likeness (QED) is 0.787. The van der Waals surface area contributed by atoms with E-state index in [4.69, 9.17) is 4.74 Å². The predicted octanol–water partition coefficient (Wildman–Crippen LogP) is 4.08. The Bertz CT molecular complexity index is 573. The molecule has 2 fully saturated rings. The molecule has 1 saturated carbocycles. The third-order valence-corrected chi connectivity index (χ3v) is 5.32. The maximum absolute atomic E-state index is 12.7. The van der Waals surface area contributed by atoms with Gasteiger partial charge in [0.25, 0.3) is 0 Å². The number of amides is 1. The van der Waals surface area contributed by atoms with Crippen LogP contribution in [0, 0.1) is 0 Å². The predicted molar refractivity (Wildman–Crippen MR) is 92.0 cm³/mol. The molecule has 1 aromatic carbocycles. The zero-order valence-electron chi connectivity index (χ0n) is 14.3. The van der Waals surface area contributed by atoms with Gasteiger partial charge in [-0.3, -0.25) is 4.79 Å². The van der Waals surface area contributed by atoms with Gasteiger partial charge < -0.3 is 9.64 Å². The van der Waals surface area contributed by atoms with Crippen LogP contribution in [0.15, 0.2) is 43.0 Å². The lowest BCUT2D eigenvalue weighted by molar-refractivity contribution is -0.164. The fraction of sp³-hybridized carbons (Fsp3) is 0.550. The molecule has 124 valence electrons. The van der Waals surface area contributed by atoms with Crippen LogP contribution >= 0.6 is 0 Å². The highest BCUT2D eigenvalue weighted by atomic mass is 16.6. The van der Waals surface area contributed by atoms with E-state index < -0.39 is 5.72 Å². The molecule has 2 aliphatic rings. The summed E-state index contributed by atoms with van der Waals surface area (Å²) in [5.74, 6) is -0.00148. The van der Waals surface area contributed by atoms with Gasteiger partial charge in [-0.15, -0.1) is 0 Å². The van der Waals surface area contributed by atoms with E-state index in [0.29, 0.717) is 0 Å². The minimum atomic E-state index is -0.438. The Morgan fingerprint density at radius 3 is 2.52 bits per heavy atom. The van der Waals surface area contributed by atoms with Crippen LogP contribution < -0.4 is 0 Å². The zero-order valence-corrected chi connectivity index (χ0v) is 14.3. The van der Waals surface area contributed by atoms with E-state index in [0.717, 1.165) is 32.1 Å². The molecule has 3 nitrogen and oxygen atoms in total. The number of benzene rings is 1. The average Bonchev–Trinajstić information content (AvgIpc) is 2.75. The van der Waals surface area contributed by atoms with Gasteiger partial charge in [0, 0.05) is 0 Å². The fourth-order valence-electron chi connectivity index (χ4n) is 4.28. The summed E-state index contributed by atoms with van der Waals surface area (Å²) in [5.41, 5.74) is 0.446. The maximum Gasteiger partial charge on any atom is 0.248 e. The summed E-state index contributed by atoms with van der Waals surface area (Å²) in [4.78, 5) is 14.7. The van der Waals surface area contributed by atoms with Crippen molar-refractivity contribution in [3.05, 3.63) is 48.6 Å². The molecule has 1 heterocycles. The van der Waals surface area contributed by atoms with Crippen molar-refractivity contribution in [2.75, 3.05) is 0 Å². The highest BCUT2D eigenvalue weighted by Gasteiger charge is 2.57. The first-order valence-corrected chi connectivity index (χ1v) is 8.68. The van der Waals surface area contributed by atoms with Crippen LogP contribution in [0.3, 0.4) is 0 Å². The molecule has 23 heavy (non-hydrogen) atoms. The Morgan fingerprint density at radius 2 is 1.91 bits per heavy atom. The van der Waals surface area contributed by atoms with E-state index in [1.807, 2.05) is 23.1 Å². The van der Waals surface area contributed by atoms with Gasteiger partial charge in [0.2, 0.25) is 5.91 Å². The standard InChI is InChI=1S/C20H27NO2/c1-4-18(22)21-17(15-16-11-7-5-8-12-16)19(2,3)23-20(21)13-9-6-10-14-20/h4-5,7-8,11-12,17H,1,6,9-10,13-15H2,2-3H3. The second-order valence-electron chi connectivity index (χ2n) is 7.33. The molecule has 0 N–H and O–H groups in total. The smallest absolute Gasteiger partial charge is 0.248 e. The van der Waals surface area contributed by atoms with E-state index in [9.17, 15) is 4.79 Å². The van der Waals surface area contributed by atoms with Crippen LogP contribution in [0.25, 0.3) is 0 Å². The second-order valence-corrected chi connectivity index (χ2v) is 7.33. The fourth-order valence-corrected chi connectivity index (χ4v) is 4.28. The average molecular weight is 313 g/mol. The molecule has 1 saturated heterocycles. The van der Waals surface area contributed by atoms with Crippen LogP contribution in [-0.2, 0) is 16.0 Å². The summed E-state index contributed by atoms with van der Waals surface area (Å²) in [7, 11) is 0. The second kappa shape index (κ2) is 6.12. The van der Waals surface area contributed by atoms with Gasteiger partial charge in [0.05, 0.1) is 11.6 Å². The lowest BCUT2D eigenvalue weighted by atomic mass is 9.88. The first kappa shape index (κ1) is 16.3. The zero-order chi connectivity index (χ0) is 16.5. The molecule has 0 bridgehead atoms. The van der Waals surface area contributed by atoms with Crippen molar-refractivity contribution in [1.29, 1.82) is 0 Å². The molecule has 0 radical (unpaired) electrons. The van der Waals surface area contributed by atoms with Crippen LogP contribution in [0.5, 0.6) is 0 Å². The number of carbonyl (C=O) groups excluding carboxylic acids is 1. The Kier molecular flexibility index (Phi) is 4.33. The minimum Gasteiger partial charge on any atom is -0.348 e. The van der Waals surface area contributed by atoms with Crippen molar-refractivity contribution in [3.8, 4) is 0 Å². The van der Waals surface area contributed by atoms with Gasteiger partial charge in [0.15, 0.2) is 0 Å². The molecular weight excluding hydrogens is 286 g/mol. The van der Waals surface area contributed by atoms with Crippen LogP contribution in [0.2, 0.25) is 0 Å². The van der Waals surface area contributed by atoms with Gasteiger partial charge in [-0.1, -0.05) is 43.3 Å². The van der Waals surface area contributed by atoms with E-state index in [1.165, 1.54) is 18.1 Å². The number of carbonyl (C=O) groups is 1. The molecule has 1 aliphatic heterocycles. The number of hydrogen-bond acceptors (Lipinski definition) is 2. The molecule has 1 atom stereocenters. The van der Waals surface area contributed by atoms with E-state index in [2.05, 4.69) is 32.6 Å². The Balaban J connectivity index is 1.97. The normalized spacial score (nSPS) is 25.5. The van der Waals surface area contributed by atoms with E-state index >= 15 is 0 Å². The molecule has 1 aliphatic carbocycles. The third kappa shape index (κ3) is 2.94. The van der Waals surface area contributed by atoms with Gasteiger partial charge in [0.1, 0.15) is 5.72 Å². The van der Waals surface area contributed by atoms with Gasteiger partial charge in [-0.25, -0.2) is 0 Å². The summed E-state index contributed by atoms with van der Waals surface area (Å²) in [6, 6.07) is 10.4. The molecule has 3 rings (SSSR count). The van der Waals surface area contributed by atoms with Gasteiger partial charge >= 0.3 is 0 Å². The van der Waals surface area contributed by atoms with Gasteiger partial charge in [-0.05, 0) is 57.6 Å².